The van der Waals surface area contributed by atoms with Gasteiger partial charge in [-0.05, 0) is 42.7 Å². The molecule has 0 aromatic carbocycles. The van der Waals surface area contributed by atoms with Crippen LogP contribution in [0.5, 0.6) is 0 Å². The van der Waals surface area contributed by atoms with Crippen LogP contribution in [-0.2, 0) is 18.3 Å². The average Bonchev–Trinajstić information content (AvgIpc) is 2.42. The highest BCUT2D eigenvalue weighted by atomic mass is 28.4. The van der Waals surface area contributed by atoms with Gasteiger partial charge in [0, 0.05) is 13.7 Å². The van der Waals surface area contributed by atoms with Gasteiger partial charge in [0.2, 0.25) is 0 Å². The van der Waals surface area contributed by atoms with Crippen molar-refractivity contribution < 1.29 is 18.3 Å². The van der Waals surface area contributed by atoms with Gasteiger partial charge in [-0.15, -0.1) is 0 Å². The molecule has 25 heavy (non-hydrogen) atoms. The van der Waals surface area contributed by atoms with Crippen molar-refractivity contribution in [3.63, 3.8) is 0 Å². The summed E-state index contributed by atoms with van der Waals surface area (Å²) in [5.41, 5.74) is 0. The summed E-state index contributed by atoms with van der Waals surface area (Å²) in [6.07, 6.45) is 0.865. The van der Waals surface area contributed by atoms with Gasteiger partial charge >= 0.3 is 0 Å². The van der Waals surface area contributed by atoms with E-state index in [4.69, 9.17) is 18.3 Å². The molecule has 0 spiro atoms. The fourth-order valence-electron chi connectivity index (χ4n) is 2.47. The molecule has 0 aliphatic carbocycles. The Labute approximate surface area is 158 Å². The number of hydrogen-bond acceptors (Lipinski definition) is 4. The predicted octanol–water partition coefficient (Wildman–Crippen LogP) is 5.20. The molecule has 3 atom stereocenters. The van der Waals surface area contributed by atoms with E-state index in [1.165, 1.54) is 0 Å². The Hall–Kier alpha value is 0.274. The maximum absolute atomic E-state index is 6.67. The SMILES string of the molecule is CO[C@H]1[C@@H](CO[Si](C)(C)C(C)(C)C)OCC[C@H]1O[Si](C)(C)C(C)(C)C. The Morgan fingerprint density at radius 1 is 0.920 bits per heavy atom. The lowest BCUT2D eigenvalue weighted by Crippen LogP contribution is -2.55. The highest BCUT2D eigenvalue weighted by Crippen LogP contribution is 2.40. The number of rotatable bonds is 6. The number of hydrogen-bond donors (Lipinski definition) is 0. The van der Waals surface area contributed by atoms with Gasteiger partial charge in [0.25, 0.3) is 0 Å². The van der Waals surface area contributed by atoms with Crippen molar-refractivity contribution in [3.8, 4) is 0 Å². The van der Waals surface area contributed by atoms with Gasteiger partial charge in [0.05, 0.1) is 12.7 Å². The highest BCUT2D eigenvalue weighted by Gasteiger charge is 2.45. The minimum atomic E-state index is -1.84. The average molecular weight is 391 g/mol. The number of methoxy groups -OCH3 is 1. The Kier molecular flexibility index (Phi) is 7.56. The normalized spacial score (nSPS) is 26.8. The van der Waals surface area contributed by atoms with Crippen LogP contribution in [0.25, 0.3) is 0 Å². The summed E-state index contributed by atoms with van der Waals surface area (Å²) in [7, 11) is -1.87. The predicted molar refractivity (Wildman–Crippen MR) is 110 cm³/mol. The molecule has 0 bridgehead atoms. The maximum atomic E-state index is 6.67. The van der Waals surface area contributed by atoms with Crippen LogP contribution in [0.2, 0.25) is 36.3 Å². The zero-order chi connectivity index (χ0) is 19.7. The Balaban J connectivity index is 2.80. The van der Waals surface area contributed by atoms with E-state index in [1.54, 1.807) is 7.11 Å². The van der Waals surface area contributed by atoms with Crippen LogP contribution in [-0.4, -0.2) is 55.3 Å². The second-order valence-electron chi connectivity index (χ2n) is 10.4. The summed E-state index contributed by atoms with van der Waals surface area (Å²) in [5.74, 6) is 0. The second kappa shape index (κ2) is 8.11. The van der Waals surface area contributed by atoms with Crippen LogP contribution in [0, 0.1) is 0 Å². The summed E-state index contributed by atoms with van der Waals surface area (Å²) in [4.78, 5) is 0. The monoisotopic (exact) mass is 390 g/mol. The van der Waals surface area contributed by atoms with E-state index < -0.39 is 16.6 Å². The van der Waals surface area contributed by atoms with Gasteiger partial charge in [-0.2, -0.15) is 0 Å². The largest absolute Gasteiger partial charge is 0.414 e. The van der Waals surface area contributed by atoms with Gasteiger partial charge < -0.3 is 18.3 Å². The zero-order valence-corrected chi connectivity index (χ0v) is 20.5. The Morgan fingerprint density at radius 3 is 1.88 bits per heavy atom. The number of ether oxygens (including phenoxy) is 2. The van der Waals surface area contributed by atoms with Crippen molar-refractivity contribution in [1.82, 2.24) is 0 Å². The summed E-state index contributed by atoms with van der Waals surface area (Å²) in [6.45, 7) is 24.1. The molecule has 1 fully saturated rings. The van der Waals surface area contributed by atoms with Gasteiger partial charge in [0.15, 0.2) is 16.6 Å². The lowest BCUT2D eigenvalue weighted by molar-refractivity contribution is -0.154. The smallest absolute Gasteiger partial charge is 0.192 e. The van der Waals surface area contributed by atoms with Gasteiger partial charge in [-0.1, -0.05) is 41.5 Å². The van der Waals surface area contributed by atoms with Crippen LogP contribution < -0.4 is 0 Å². The Bertz CT molecular complexity index is 424. The van der Waals surface area contributed by atoms with Crippen molar-refractivity contribution in [3.05, 3.63) is 0 Å². The quantitative estimate of drug-likeness (QED) is 0.584. The molecule has 1 heterocycles. The van der Waals surface area contributed by atoms with E-state index in [9.17, 15) is 0 Å². The van der Waals surface area contributed by atoms with E-state index in [0.29, 0.717) is 13.2 Å². The molecule has 0 aromatic rings. The van der Waals surface area contributed by atoms with E-state index in [0.717, 1.165) is 6.42 Å². The molecule has 1 saturated heterocycles. The fraction of sp³-hybridized carbons (Fsp3) is 1.00. The standard InChI is InChI=1S/C19H42O4Si2/c1-18(2,3)24(8,9)22-14-16-17(20-7)15(12-13-21-16)23-25(10,11)19(4,5)6/h15-17H,12-14H2,1-11H3/t15-,16-,17-/m1/s1. The van der Waals surface area contributed by atoms with Crippen LogP contribution in [0.1, 0.15) is 48.0 Å². The van der Waals surface area contributed by atoms with Crippen molar-refractivity contribution in [2.75, 3.05) is 20.3 Å². The third-order valence-corrected chi connectivity index (χ3v) is 15.4. The van der Waals surface area contributed by atoms with Crippen LogP contribution in [0.4, 0.5) is 0 Å². The van der Waals surface area contributed by atoms with Crippen molar-refractivity contribution in [2.45, 2.75) is 103 Å². The molecule has 0 aromatic heterocycles. The fourth-order valence-corrected chi connectivity index (χ4v) is 4.85. The molecular formula is C19H42O4Si2. The molecule has 4 nitrogen and oxygen atoms in total. The summed E-state index contributed by atoms with van der Waals surface area (Å²) >= 11 is 0. The first-order valence-corrected chi connectivity index (χ1v) is 15.4. The lowest BCUT2D eigenvalue weighted by Gasteiger charge is -2.45. The third kappa shape index (κ3) is 5.88. The zero-order valence-electron chi connectivity index (χ0n) is 18.5. The van der Waals surface area contributed by atoms with Crippen LogP contribution in [0.15, 0.2) is 0 Å². The maximum Gasteiger partial charge on any atom is 0.192 e. The summed E-state index contributed by atoms with van der Waals surface area (Å²) in [6, 6.07) is 0. The minimum Gasteiger partial charge on any atom is -0.414 e. The highest BCUT2D eigenvalue weighted by molar-refractivity contribution is 6.74. The van der Waals surface area contributed by atoms with Gasteiger partial charge in [0.1, 0.15) is 12.2 Å². The van der Waals surface area contributed by atoms with E-state index in [-0.39, 0.29) is 28.4 Å². The molecule has 6 heteroatoms. The molecule has 0 N–H and O–H groups in total. The molecule has 150 valence electrons. The molecule has 1 rings (SSSR count). The topological polar surface area (TPSA) is 36.9 Å². The van der Waals surface area contributed by atoms with Crippen LogP contribution >= 0.6 is 0 Å². The second-order valence-corrected chi connectivity index (χ2v) is 20.0. The Morgan fingerprint density at radius 2 is 1.44 bits per heavy atom. The van der Waals surface area contributed by atoms with Crippen molar-refractivity contribution in [1.29, 1.82) is 0 Å². The first-order chi connectivity index (χ1) is 11.1. The molecule has 1 aliphatic heterocycles. The first-order valence-electron chi connectivity index (χ1n) is 9.58. The lowest BCUT2D eigenvalue weighted by atomic mass is 10.0. The van der Waals surface area contributed by atoms with E-state index in [1.807, 2.05) is 0 Å². The molecule has 0 radical (unpaired) electrons. The molecular weight excluding hydrogens is 348 g/mol. The van der Waals surface area contributed by atoms with Gasteiger partial charge in [-0.25, -0.2) is 0 Å². The van der Waals surface area contributed by atoms with E-state index in [2.05, 4.69) is 67.7 Å². The molecule has 0 saturated carbocycles. The molecule has 0 amide bonds. The molecule has 0 unspecified atom stereocenters. The first kappa shape index (κ1) is 23.3. The van der Waals surface area contributed by atoms with Crippen molar-refractivity contribution in [2.24, 2.45) is 0 Å². The summed E-state index contributed by atoms with van der Waals surface area (Å²) in [5, 5.41) is 0.387. The third-order valence-electron chi connectivity index (χ3n) is 6.41. The van der Waals surface area contributed by atoms with E-state index >= 15 is 0 Å². The summed E-state index contributed by atoms with van der Waals surface area (Å²) < 4.78 is 24.9. The van der Waals surface area contributed by atoms with Gasteiger partial charge in [-0.3, -0.25) is 0 Å². The van der Waals surface area contributed by atoms with Crippen molar-refractivity contribution >= 4 is 16.6 Å². The molecule has 1 aliphatic rings. The van der Waals surface area contributed by atoms with Crippen LogP contribution in [0.3, 0.4) is 0 Å². The minimum absolute atomic E-state index is 0.0531.